The topological polar surface area (TPSA) is 35.5 Å². The van der Waals surface area contributed by atoms with Crippen LogP contribution in [-0.4, -0.2) is 35.3 Å². The molecule has 0 saturated carbocycles. The first kappa shape index (κ1) is 14.5. The number of nitrogens with one attached hydrogen (secondary N) is 1. The Balaban J connectivity index is 2.05. The maximum absolute atomic E-state index is 10.6. The summed E-state index contributed by atoms with van der Waals surface area (Å²) < 4.78 is 0. The van der Waals surface area contributed by atoms with E-state index in [2.05, 4.69) is 24.1 Å². The number of rotatable bonds is 5. The van der Waals surface area contributed by atoms with E-state index in [9.17, 15) is 5.11 Å². The van der Waals surface area contributed by atoms with Gasteiger partial charge in [0.2, 0.25) is 0 Å². The lowest BCUT2D eigenvalue weighted by atomic mass is 10.00. The molecular weight excluding hydrogens is 236 g/mol. The highest BCUT2D eigenvalue weighted by Gasteiger charge is 2.28. The number of hydrogen-bond donors (Lipinski definition) is 2. The van der Waals surface area contributed by atoms with Crippen molar-refractivity contribution in [3.05, 3.63) is 35.9 Å². The van der Waals surface area contributed by atoms with Crippen molar-refractivity contribution in [3.8, 4) is 0 Å². The zero-order valence-electron chi connectivity index (χ0n) is 12.0. The summed E-state index contributed by atoms with van der Waals surface area (Å²) in [4.78, 5) is 2.39. The second-order valence-electron chi connectivity index (χ2n) is 5.39. The van der Waals surface area contributed by atoms with Crippen molar-refractivity contribution < 1.29 is 5.11 Å². The van der Waals surface area contributed by atoms with E-state index in [4.69, 9.17) is 0 Å². The number of benzene rings is 1. The third kappa shape index (κ3) is 3.56. The lowest BCUT2D eigenvalue weighted by Gasteiger charge is -2.40. The van der Waals surface area contributed by atoms with Crippen molar-refractivity contribution in [2.75, 3.05) is 13.1 Å². The minimum Gasteiger partial charge on any atom is -0.387 e. The molecule has 1 aromatic carbocycles. The van der Waals surface area contributed by atoms with Crippen LogP contribution in [0, 0.1) is 0 Å². The van der Waals surface area contributed by atoms with Crippen LogP contribution in [0.2, 0.25) is 0 Å². The Morgan fingerprint density at radius 1 is 1.32 bits per heavy atom. The van der Waals surface area contributed by atoms with Gasteiger partial charge in [-0.3, -0.25) is 4.90 Å². The van der Waals surface area contributed by atoms with Gasteiger partial charge in [0, 0.05) is 6.04 Å². The molecule has 0 amide bonds. The third-order valence-electron chi connectivity index (χ3n) is 4.17. The van der Waals surface area contributed by atoms with Crippen LogP contribution in [0.3, 0.4) is 0 Å². The van der Waals surface area contributed by atoms with Crippen molar-refractivity contribution in [1.82, 2.24) is 10.2 Å². The van der Waals surface area contributed by atoms with Gasteiger partial charge in [-0.1, -0.05) is 37.3 Å². The van der Waals surface area contributed by atoms with Gasteiger partial charge in [0.15, 0.2) is 0 Å². The van der Waals surface area contributed by atoms with Gasteiger partial charge in [-0.2, -0.15) is 0 Å². The first-order chi connectivity index (χ1) is 9.24. The van der Waals surface area contributed by atoms with E-state index in [1.807, 2.05) is 30.3 Å². The van der Waals surface area contributed by atoms with Crippen LogP contribution in [0.15, 0.2) is 30.3 Å². The van der Waals surface area contributed by atoms with E-state index in [1.165, 1.54) is 19.3 Å². The molecule has 1 heterocycles. The summed E-state index contributed by atoms with van der Waals surface area (Å²) in [6, 6.07) is 10.1. The molecule has 0 spiro atoms. The molecule has 2 N–H and O–H groups in total. The fraction of sp³-hybridized carbons (Fsp3) is 0.625. The highest BCUT2D eigenvalue weighted by molar-refractivity contribution is 5.18. The van der Waals surface area contributed by atoms with Crippen LogP contribution >= 0.6 is 0 Å². The Morgan fingerprint density at radius 2 is 2.05 bits per heavy atom. The fourth-order valence-corrected chi connectivity index (χ4v) is 3.02. The predicted octanol–water partition coefficient (Wildman–Crippen LogP) is 2.53. The molecule has 1 fully saturated rings. The van der Waals surface area contributed by atoms with E-state index >= 15 is 0 Å². The van der Waals surface area contributed by atoms with Crippen molar-refractivity contribution in [1.29, 1.82) is 0 Å². The number of aliphatic hydroxyl groups excluding tert-OH is 1. The van der Waals surface area contributed by atoms with E-state index in [0.29, 0.717) is 6.17 Å². The van der Waals surface area contributed by atoms with Crippen LogP contribution in [0.4, 0.5) is 0 Å². The summed E-state index contributed by atoms with van der Waals surface area (Å²) in [6.45, 7) is 6.35. The highest BCUT2D eigenvalue weighted by Crippen LogP contribution is 2.23. The van der Waals surface area contributed by atoms with Crippen molar-refractivity contribution in [3.63, 3.8) is 0 Å². The van der Waals surface area contributed by atoms with Gasteiger partial charge >= 0.3 is 0 Å². The molecule has 0 aromatic heterocycles. The molecule has 1 saturated heterocycles. The zero-order chi connectivity index (χ0) is 13.7. The molecule has 3 nitrogen and oxygen atoms in total. The summed E-state index contributed by atoms with van der Waals surface area (Å²) >= 11 is 0. The zero-order valence-corrected chi connectivity index (χ0v) is 12.0. The Kier molecular flexibility index (Phi) is 5.37. The van der Waals surface area contributed by atoms with Crippen molar-refractivity contribution >= 4 is 0 Å². The van der Waals surface area contributed by atoms with Crippen molar-refractivity contribution in [2.24, 2.45) is 0 Å². The van der Waals surface area contributed by atoms with Gasteiger partial charge in [-0.15, -0.1) is 0 Å². The minimum atomic E-state index is -0.426. The number of nitrogens with zero attached hydrogens (tertiary/aromatic N) is 1. The van der Waals surface area contributed by atoms with E-state index in [0.717, 1.165) is 18.7 Å². The second-order valence-corrected chi connectivity index (χ2v) is 5.39. The lowest BCUT2D eigenvalue weighted by Crippen LogP contribution is -2.53. The molecule has 3 atom stereocenters. The molecule has 2 rings (SSSR count). The molecule has 0 aliphatic carbocycles. The Morgan fingerprint density at radius 3 is 2.63 bits per heavy atom. The van der Waals surface area contributed by atoms with E-state index in [-0.39, 0.29) is 6.04 Å². The summed E-state index contributed by atoms with van der Waals surface area (Å²) in [6.07, 6.45) is 3.71. The summed E-state index contributed by atoms with van der Waals surface area (Å²) in [5.74, 6) is 0. The Bertz CT molecular complexity index is 362. The van der Waals surface area contributed by atoms with Crippen LogP contribution in [0.1, 0.15) is 44.8 Å². The van der Waals surface area contributed by atoms with E-state index < -0.39 is 6.10 Å². The van der Waals surface area contributed by atoms with Crippen LogP contribution < -0.4 is 5.32 Å². The van der Waals surface area contributed by atoms with Crippen molar-refractivity contribution in [2.45, 2.75) is 51.4 Å². The van der Waals surface area contributed by atoms with Gasteiger partial charge in [-0.25, -0.2) is 0 Å². The minimum absolute atomic E-state index is 0.128. The standard InChI is InChI=1S/C16H26N2O/c1-3-18(15-11-7-8-12-17-15)13(2)16(19)14-9-5-4-6-10-14/h4-6,9-10,13,15-17,19H,3,7-8,11-12H2,1-2H3. The molecule has 1 aliphatic rings. The maximum Gasteiger partial charge on any atom is 0.0943 e. The Labute approximate surface area is 116 Å². The third-order valence-corrected chi connectivity index (χ3v) is 4.17. The normalized spacial score (nSPS) is 23.3. The number of hydrogen-bond acceptors (Lipinski definition) is 3. The number of likely N-dealkylation sites (N-methyl/N-ethyl adjacent to an activating group) is 1. The number of aliphatic hydroxyl groups is 1. The molecule has 106 valence electrons. The first-order valence-electron chi connectivity index (χ1n) is 7.46. The molecular formula is C16H26N2O. The van der Waals surface area contributed by atoms with Crippen LogP contribution in [-0.2, 0) is 0 Å². The van der Waals surface area contributed by atoms with Gasteiger partial charge < -0.3 is 10.4 Å². The quantitative estimate of drug-likeness (QED) is 0.856. The summed E-state index contributed by atoms with van der Waals surface area (Å²) in [7, 11) is 0. The molecule has 0 bridgehead atoms. The van der Waals surface area contributed by atoms with Gasteiger partial charge in [0.25, 0.3) is 0 Å². The summed E-state index contributed by atoms with van der Waals surface area (Å²) in [5.41, 5.74) is 1.00. The van der Waals surface area contributed by atoms with Crippen LogP contribution in [0.5, 0.6) is 0 Å². The summed E-state index contributed by atoms with van der Waals surface area (Å²) in [5, 5.41) is 14.1. The molecule has 3 heteroatoms. The molecule has 3 unspecified atom stereocenters. The molecule has 0 radical (unpaired) electrons. The fourth-order valence-electron chi connectivity index (χ4n) is 3.02. The van der Waals surface area contributed by atoms with Gasteiger partial charge in [-0.05, 0) is 44.8 Å². The average Bonchev–Trinajstić information content (AvgIpc) is 2.49. The Hall–Kier alpha value is -0.900. The largest absolute Gasteiger partial charge is 0.387 e. The number of piperidine rings is 1. The molecule has 1 aromatic rings. The molecule has 1 aliphatic heterocycles. The highest BCUT2D eigenvalue weighted by atomic mass is 16.3. The maximum atomic E-state index is 10.6. The SMILES string of the molecule is CCN(C1CCCCN1)C(C)C(O)c1ccccc1. The van der Waals surface area contributed by atoms with E-state index in [1.54, 1.807) is 0 Å². The monoisotopic (exact) mass is 262 g/mol. The molecule has 19 heavy (non-hydrogen) atoms. The van der Waals surface area contributed by atoms with Gasteiger partial charge in [0.05, 0.1) is 12.3 Å². The first-order valence-corrected chi connectivity index (χ1v) is 7.46. The second kappa shape index (κ2) is 7.04. The average molecular weight is 262 g/mol. The van der Waals surface area contributed by atoms with Crippen LogP contribution in [0.25, 0.3) is 0 Å². The predicted molar refractivity (Wildman–Crippen MR) is 78.9 cm³/mol. The van der Waals surface area contributed by atoms with Gasteiger partial charge in [0.1, 0.15) is 0 Å². The lowest BCUT2D eigenvalue weighted by molar-refractivity contribution is 0.0170. The smallest absolute Gasteiger partial charge is 0.0943 e.